The van der Waals surface area contributed by atoms with E-state index in [9.17, 15) is 9.59 Å². The number of unbranched alkanes of at least 4 members (excludes halogenated alkanes) is 9. The smallest absolute Gasteiger partial charge is 0.323 e. The molecule has 0 aromatic carbocycles. The highest BCUT2D eigenvalue weighted by Crippen LogP contribution is 2.45. The summed E-state index contributed by atoms with van der Waals surface area (Å²) in [4.78, 5) is 33.1. The van der Waals surface area contributed by atoms with Crippen molar-refractivity contribution in [3.63, 3.8) is 0 Å². The summed E-state index contributed by atoms with van der Waals surface area (Å²) < 4.78 is 0. The number of carbonyl (C=O) groups is 2. The van der Waals surface area contributed by atoms with Gasteiger partial charge >= 0.3 is 6.03 Å². The first-order chi connectivity index (χ1) is 14.1. The van der Waals surface area contributed by atoms with Crippen LogP contribution in [0, 0.1) is 0 Å². The highest BCUT2D eigenvalue weighted by atomic mass is 16.7. The minimum atomic E-state index is -0.822. The number of urea groups is 1. The first-order valence-corrected chi connectivity index (χ1v) is 12.1. The standard InChI is InChI=1S/C24H45N3O3/c1-7-8-9-10-11-12-13-14-15-16-17-26-20(28)24(25-21(26)29)18-22(2,3)27(30-6)23(4,5)19-24/h7-19H2,1-6H3,(H,25,29). The topological polar surface area (TPSA) is 61.9 Å². The Morgan fingerprint density at radius 2 is 1.30 bits per heavy atom. The van der Waals surface area contributed by atoms with E-state index in [1.54, 1.807) is 7.11 Å². The Labute approximate surface area is 184 Å². The fourth-order valence-electron chi connectivity index (χ4n) is 5.87. The molecule has 6 nitrogen and oxygen atoms in total. The molecule has 2 rings (SSSR count). The SMILES string of the molecule is CCCCCCCCCCCCN1C(=O)NC2(CC(C)(C)N(OC)C(C)(C)C2)C1=O. The number of carbonyl (C=O) groups excluding carboxylic acids is 2. The van der Waals surface area contributed by atoms with E-state index in [1.165, 1.54) is 56.3 Å². The van der Waals surface area contributed by atoms with Crippen molar-refractivity contribution in [1.29, 1.82) is 0 Å². The van der Waals surface area contributed by atoms with E-state index in [4.69, 9.17) is 4.84 Å². The highest BCUT2D eigenvalue weighted by Gasteiger charge is 2.61. The van der Waals surface area contributed by atoms with Crippen LogP contribution in [0.5, 0.6) is 0 Å². The summed E-state index contributed by atoms with van der Waals surface area (Å²) in [6, 6.07) is -0.228. The quantitative estimate of drug-likeness (QED) is 0.337. The van der Waals surface area contributed by atoms with E-state index in [0.29, 0.717) is 19.4 Å². The molecule has 0 bridgehead atoms. The maximum Gasteiger partial charge on any atom is 0.325 e. The zero-order valence-corrected chi connectivity index (χ0v) is 20.3. The van der Waals surface area contributed by atoms with E-state index in [0.717, 1.165) is 12.8 Å². The Balaban J connectivity index is 1.81. The van der Waals surface area contributed by atoms with Crippen molar-refractivity contribution >= 4 is 11.9 Å². The normalized spacial score (nSPS) is 22.7. The molecule has 0 unspecified atom stereocenters. The van der Waals surface area contributed by atoms with Crippen LogP contribution in [0.4, 0.5) is 4.79 Å². The number of hydrogen-bond donors (Lipinski definition) is 1. The molecule has 0 aromatic rings. The second kappa shape index (κ2) is 10.4. The van der Waals surface area contributed by atoms with Crippen LogP contribution >= 0.6 is 0 Å². The molecule has 2 saturated heterocycles. The van der Waals surface area contributed by atoms with Crippen LogP contribution in [-0.4, -0.2) is 52.2 Å². The Kier molecular flexibility index (Phi) is 8.75. The summed E-state index contributed by atoms with van der Waals surface area (Å²) in [7, 11) is 1.67. The van der Waals surface area contributed by atoms with Gasteiger partial charge in [0.15, 0.2) is 0 Å². The van der Waals surface area contributed by atoms with Crippen LogP contribution in [0.1, 0.15) is 112 Å². The zero-order valence-electron chi connectivity index (χ0n) is 20.3. The van der Waals surface area contributed by atoms with Crippen LogP contribution in [-0.2, 0) is 9.63 Å². The zero-order chi connectivity index (χ0) is 22.4. The molecule has 0 radical (unpaired) electrons. The molecule has 1 spiro atoms. The molecular formula is C24H45N3O3. The molecule has 6 heteroatoms. The number of rotatable bonds is 12. The number of nitrogens with zero attached hydrogens (tertiary/aromatic N) is 2. The first-order valence-electron chi connectivity index (χ1n) is 12.1. The molecule has 3 amide bonds. The average Bonchev–Trinajstić information content (AvgIpc) is 2.84. The van der Waals surface area contributed by atoms with E-state index >= 15 is 0 Å². The lowest BCUT2D eigenvalue weighted by molar-refractivity contribution is -0.273. The predicted molar refractivity (Wildman–Crippen MR) is 121 cm³/mol. The lowest BCUT2D eigenvalue weighted by atomic mass is 9.70. The summed E-state index contributed by atoms with van der Waals surface area (Å²) in [5, 5.41) is 5.03. The summed E-state index contributed by atoms with van der Waals surface area (Å²) in [5.41, 5.74) is -1.53. The van der Waals surface area contributed by atoms with Gasteiger partial charge in [0.05, 0.1) is 7.11 Å². The lowest BCUT2D eigenvalue weighted by Gasteiger charge is -2.55. The molecule has 2 aliphatic rings. The van der Waals surface area contributed by atoms with Gasteiger partial charge in [-0.25, -0.2) is 4.79 Å². The van der Waals surface area contributed by atoms with Crippen LogP contribution in [0.3, 0.4) is 0 Å². The molecule has 0 atom stereocenters. The number of imide groups is 1. The van der Waals surface area contributed by atoms with Gasteiger partial charge < -0.3 is 10.2 Å². The fourth-order valence-corrected chi connectivity index (χ4v) is 5.87. The van der Waals surface area contributed by atoms with Gasteiger partial charge in [-0.3, -0.25) is 9.69 Å². The van der Waals surface area contributed by atoms with Gasteiger partial charge in [0, 0.05) is 17.6 Å². The molecule has 2 fully saturated rings. The first kappa shape index (κ1) is 25.1. The van der Waals surface area contributed by atoms with Crippen LogP contribution in [0.2, 0.25) is 0 Å². The Morgan fingerprint density at radius 3 is 1.77 bits per heavy atom. The van der Waals surface area contributed by atoms with Crippen molar-refractivity contribution in [3.8, 4) is 0 Å². The van der Waals surface area contributed by atoms with E-state index in [1.807, 2.05) is 5.06 Å². The lowest BCUT2D eigenvalue weighted by Crippen LogP contribution is -2.69. The van der Waals surface area contributed by atoms with Gasteiger partial charge in [-0.05, 0) is 47.0 Å². The monoisotopic (exact) mass is 423 g/mol. The summed E-state index contributed by atoms with van der Waals surface area (Å²) >= 11 is 0. The fraction of sp³-hybridized carbons (Fsp3) is 0.917. The van der Waals surface area contributed by atoms with E-state index < -0.39 is 5.54 Å². The van der Waals surface area contributed by atoms with E-state index in [-0.39, 0.29) is 23.0 Å². The number of piperidine rings is 1. The third-order valence-electron chi connectivity index (χ3n) is 6.73. The van der Waals surface area contributed by atoms with Gasteiger partial charge in [0.2, 0.25) is 0 Å². The minimum Gasteiger partial charge on any atom is -0.323 e. The maximum atomic E-state index is 13.3. The van der Waals surface area contributed by atoms with Crippen LogP contribution in [0.15, 0.2) is 0 Å². The predicted octanol–water partition coefficient (Wildman–Crippen LogP) is 5.41. The Morgan fingerprint density at radius 1 is 0.833 bits per heavy atom. The van der Waals surface area contributed by atoms with Crippen molar-refractivity contribution in [2.45, 2.75) is 128 Å². The highest BCUT2D eigenvalue weighted by molar-refractivity contribution is 6.07. The number of hydrogen-bond acceptors (Lipinski definition) is 4. The minimum absolute atomic E-state index is 0.0553. The van der Waals surface area contributed by atoms with Crippen LogP contribution < -0.4 is 5.32 Å². The summed E-state index contributed by atoms with van der Waals surface area (Å²) in [6.45, 7) is 11.1. The molecule has 1 N–H and O–H groups in total. The van der Waals surface area contributed by atoms with Gasteiger partial charge in [-0.15, -0.1) is 0 Å². The van der Waals surface area contributed by atoms with Gasteiger partial charge in [-0.1, -0.05) is 64.7 Å². The van der Waals surface area contributed by atoms with E-state index in [2.05, 4.69) is 39.9 Å². The third-order valence-corrected chi connectivity index (χ3v) is 6.73. The molecule has 0 saturated carbocycles. The third kappa shape index (κ3) is 5.76. The molecule has 0 aliphatic carbocycles. The average molecular weight is 424 g/mol. The molecule has 30 heavy (non-hydrogen) atoms. The Hall–Kier alpha value is -1.14. The Bertz CT molecular complexity index is 570. The second-order valence-corrected chi connectivity index (χ2v) is 10.6. The maximum absolute atomic E-state index is 13.3. The van der Waals surface area contributed by atoms with Gasteiger partial charge in [0.25, 0.3) is 5.91 Å². The van der Waals surface area contributed by atoms with Crippen LogP contribution in [0.25, 0.3) is 0 Å². The number of hydroxylamine groups is 2. The molecule has 2 heterocycles. The number of amides is 3. The van der Waals surface area contributed by atoms with Crippen molar-refractivity contribution in [1.82, 2.24) is 15.3 Å². The summed E-state index contributed by atoms with van der Waals surface area (Å²) in [6.07, 6.45) is 13.5. The van der Waals surface area contributed by atoms with Crippen molar-refractivity contribution in [2.75, 3.05) is 13.7 Å². The summed E-state index contributed by atoms with van der Waals surface area (Å²) in [5.74, 6) is -0.0553. The molecule has 174 valence electrons. The van der Waals surface area contributed by atoms with Crippen molar-refractivity contribution in [3.05, 3.63) is 0 Å². The van der Waals surface area contributed by atoms with Crippen molar-refractivity contribution in [2.24, 2.45) is 0 Å². The van der Waals surface area contributed by atoms with Crippen molar-refractivity contribution < 1.29 is 14.4 Å². The molecule has 0 aromatic heterocycles. The molecular weight excluding hydrogens is 378 g/mol. The largest absolute Gasteiger partial charge is 0.325 e. The number of nitrogens with one attached hydrogen (secondary N) is 1. The molecule has 2 aliphatic heterocycles. The second-order valence-electron chi connectivity index (χ2n) is 10.6. The van der Waals surface area contributed by atoms with Gasteiger partial charge in [-0.2, -0.15) is 5.06 Å². The van der Waals surface area contributed by atoms with Gasteiger partial charge in [0.1, 0.15) is 5.54 Å².